The molecule has 1 spiro atoms. The molecule has 4 heteroatoms. The predicted molar refractivity (Wildman–Crippen MR) is 85.7 cm³/mol. The van der Waals surface area contributed by atoms with Gasteiger partial charge in [-0.15, -0.1) is 0 Å². The molecule has 1 aliphatic heterocycles. The van der Waals surface area contributed by atoms with Gasteiger partial charge >= 0.3 is 0 Å². The maximum absolute atomic E-state index is 13.1. The number of Topliss-reactive ketones (excluding diaryl/α,β-unsaturated/α-hetero) is 1. The van der Waals surface area contributed by atoms with Crippen LogP contribution in [0.4, 0.5) is 0 Å². The van der Waals surface area contributed by atoms with Gasteiger partial charge in [0.2, 0.25) is 0 Å². The second-order valence-electron chi connectivity index (χ2n) is 5.91. The Kier molecular flexibility index (Phi) is 3.12. The molecule has 0 saturated carbocycles. The molecule has 0 unspecified atom stereocenters. The minimum absolute atomic E-state index is 0.0675. The lowest BCUT2D eigenvalue weighted by Crippen LogP contribution is -2.44. The molecule has 2 aromatic rings. The van der Waals surface area contributed by atoms with Crippen molar-refractivity contribution in [3.05, 3.63) is 70.2 Å². The highest BCUT2D eigenvalue weighted by Crippen LogP contribution is 2.47. The van der Waals surface area contributed by atoms with Gasteiger partial charge in [0, 0.05) is 16.5 Å². The largest absolute Gasteiger partial charge is 0.291 e. The number of carbonyl (C=O) groups excluding carboxylic acids is 1. The van der Waals surface area contributed by atoms with E-state index in [-0.39, 0.29) is 11.7 Å². The highest BCUT2D eigenvalue weighted by molar-refractivity contribution is 6.31. The van der Waals surface area contributed by atoms with Gasteiger partial charge in [-0.1, -0.05) is 54.1 Å². The van der Waals surface area contributed by atoms with Crippen LogP contribution in [0.25, 0.3) is 0 Å². The van der Waals surface area contributed by atoms with Crippen LogP contribution in [-0.2, 0) is 6.42 Å². The molecule has 3 nitrogen and oxygen atoms in total. The van der Waals surface area contributed by atoms with E-state index in [0.29, 0.717) is 18.0 Å². The molecule has 22 heavy (non-hydrogen) atoms. The number of nitrogens with zero attached hydrogens (tertiary/aromatic N) is 2. The van der Waals surface area contributed by atoms with E-state index >= 15 is 0 Å². The summed E-state index contributed by atoms with van der Waals surface area (Å²) in [5.74, 6) is 0.0163. The zero-order chi connectivity index (χ0) is 15.2. The van der Waals surface area contributed by atoms with E-state index in [1.807, 2.05) is 48.5 Å². The number of hydrogen-bond acceptors (Lipinski definition) is 3. The second-order valence-corrected chi connectivity index (χ2v) is 6.32. The van der Waals surface area contributed by atoms with Crippen LogP contribution in [0.5, 0.6) is 0 Å². The van der Waals surface area contributed by atoms with Crippen LogP contribution in [0.1, 0.15) is 33.8 Å². The summed E-state index contributed by atoms with van der Waals surface area (Å²) in [4.78, 5) is 13.1. The summed E-state index contributed by atoms with van der Waals surface area (Å²) < 4.78 is 0. The normalized spacial score (nSPS) is 26.4. The van der Waals surface area contributed by atoms with Gasteiger partial charge in [0.25, 0.3) is 0 Å². The molecule has 0 amide bonds. The summed E-state index contributed by atoms with van der Waals surface area (Å²) in [6.07, 6.45) is 1.55. The van der Waals surface area contributed by atoms with Gasteiger partial charge in [-0.2, -0.15) is 10.2 Å². The Morgan fingerprint density at radius 3 is 2.73 bits per heavy atom. The monoisotopic (exact) mass is 310 g/mol. The number of halogens is 1. The zero-order valence-corrected chi connectivity index (χ0v) is 12.8. The molecule has 2 atom stereocenters. The summed E-state index contributed by atoms with van der Waals surface area (Å²) >= 11 is 6.36. The lowest BCUT2D eigenvalue weighted by Gasteiger charge is -2.35. The Labute approximate surface area is 134 Å². The van der Waals surface area contributed by atoms with Gasteiger partial charge in [0.05, 0.1) is 6.54 Å². The van der Waals surface area contributed by atoms with Crippen LogP contribution in [0.15, 0.2) is 58.8 Å². The number of carbonyl (C=O) groups is 1. The third-order valence-electron chi connectivity index (χ3n) is 4.80. The fourth-order valence-electron chi connectivity index (χ4n) is 3.64. The van der Waals surface area contributed by atoms with E-state index in [2.05, 4.69) is 10.2 Å². The van der Waals surface area contributed by atoms with Crippen LogP contribution in [0.2, 0.25) is 5.02 Å². The van der Waals surface area contributed by atoms with Crippen molar-refractivity contribution in [2.24, 2.45) is 10.2 Å². The molecule has 2 aliphatic rings. The van der Waals surface area contributed by atoms with Crippen LogP contribution in [-0.4, -0.2) is 17.9 Å². The minimum atomic E-state index is -0.778. The Balaban J connectivity index is 1.82. The van der Waals surface area contributed by atoms with E-state index in [4.69, 9.17) is 11.6 Å². The Morgan fingerprint density at radius 2 is 1.86 bits per heavy atom. The van der Waals surface area contributed by atoms with Crippen molar-refractivity contribution < 1.29 is 4.79 Å². The molecule has 0 N–H and O–H groups in total. The van der Waals surface area contributed by atoms with E-state index in [9.17, 15) is 4.79 Å². The quantitative estimate of drug-likeness (QED) is 0.767. The van der Waals surface area contributed by atoms with E-state index < -0.39 is 5.54 Å². The summed E-state index contributed by atoms with van der Waals surface area (Å²) in [6, 6.07) is 15.5. The average molecular weight is 311 g/mol. The van der Waals surface area contributed by atoms with E-state index in [1.54, 1.807) is 0 Å². The highest BCUT2D eigenvalue weighted by atomic mass is 35.5. The number of fused-ring (bicyclic) bond motifs is 1. The van der Waals surface area contributed by atoms with Crippen LogP contribution in [0, 0.1) is 0 Å². The molecule has 4 rings (SSSR count). The fraction of sp³-hybridized carbons (Fsp3) is 0.278. The minimum Gasteiger partial charge on any atom is -0.291 e. The van der Waals surface area contributed by atoms with E-state index in [1.165, 1.54) is 0 Å². The fourth-order valence-corrected chi connectivity index (χ4v) is 3.91. The van der Waals surface area contributed by atoms with Crippen molar-refractivity contribution in [2.75, 3.05) is 6.54 Å². The van der Waals surface area contributed by atoms with Crippen LogP contribution >= 0.6 is 11.6 Å². The zero-order valence-electron chi connectivity index (χ0n) is 12.0. The first-order valence-corrected chi connectivity index (χ1v) is 7.86. The summed E-state index contributed by atoms with van der Waals surface area (Å²) in [5.41, 5.74) is 2.09. The lowest BCUT2D eigenvalue weighted by molar-refractivity contribution is 0.0853. The van der Waals surface area contributed by atoms with Crippen molar-refractivity contribution >= 4 is 17.4 Å². The number of ketones is 1. The first-order valence-electron chi connectivity index (χ1n) is 7.48. The van der Waals surface area contributed by atoms with Crippen molar-refractivity contribution in [1.82, 2.24) is 0 Å². The van der Waals surface area contributed by atoms with Crippen molar-refractivity contribution in [1.29, 1.82) is 0 Å². The van der Waals surface area contributed by atoms with Gasteiger partial charge in [0.1, 0.15) is 0 Å². The molecule has 0 bridgehead atoms. The summed E-state index contributed by atoms with van der Waals surface area (Å²) in [7, 11) is 0. The first-order chi connectivity index (χ1) is 10.7. The van der Waals surface area contributed by atoms with Crippen molar-refractivity contribution in [3.63, 3.8) is 0 Å². The second kappa shape index (κ2) is 5.03. The number of benzene rings is 2. The van der Waals surface area contributed by atoms with Crippen LogP contribution < -0.4 is 0 Å². The number of aryl methyl sites for hydroxylation is 1. The Hall–Kier alpha value is -2.00. The number of hydrogen-bond donors (Lipinski definition) is 0. The third kappa shape index (κ3) is 1.85. The number of azo groups is 1. The standard InChI is InChI=1S/C18H15ClN2O/c19-16-8-4-3-7-14(16)15-11-20-21-18(15)10-9-12-5-1-2-6-13(12)17(18)22/h1-8,15H,9-11H2/t15-,18+/m1/s1. The Morgan fingerprint density at radius 1 is 1.09 bits per heavy atom. The maximum atomic E-state index is 13.1. The van der Waals surface area contributed by atoms with E-state index in [0.717, 1.165) is 23.1 Å². The predicted octanol–water partition coefficient (Wildman–Crippen LogP) is 4.46. The molecule has 0 aromatic heterocycles. The molecule has 2 aromatic carbocycles. The molecular formula is C18H15ClN2O. The van der Waals surface area contributed by atoms with Gasteiger partial charge in [-0.25, -0.2) is 0 Å². The van der Waals surface area contributed by atoms with Crippen molar-refractivity contribution in [2.45, 2.75) is 24.3 Å². The summed E-state index contributed by atoms with van der Waals surface area (Å²) in [6.45, 7) is 0.525. The van der Waals surface area contributed by atoms with Crippen molar-refractivity contribution in [3.8, 4) is 0 Å². The molecular weight excluding hydrogens is 296 g/mol. The van der Waals surface area contributed by atoms with Gasteiger partial charge < -0.3 is 0 Å². The van der Waals surface area contributed by atoms with Gasteiger partial charge in [-0.3, -0.25) is 4.79 Å². The highest BCUT2D eigenvalue weighted by Gasteiger charge is 2.52. The number of rotatable bonds is 1. The molecule has 1 heterocycles. The molecule has 1 aliphatic carbocycles. The Bertz CT molecular complexity index is 786. The SMILES string of the molecule is O=C1c2ccccc2CC[C@@]12N=NC[C@@H]2c1ccccc1Cl. The van der Waals surface area contributed by atoms with Gasteiger partial charge in [-0.05, 0) is 30.0 Å². The molecule has 0 saturated heterocycles. The lowest BCUT2D eigenvalue weighted by atomic mass is 9.68. The van der Waals surface area contributed by atoms with Crippen LogP contribution in [0.3, 0.4) is 0 Å². The van der Waals surface area contributed by atoms with Gasteiger partial charge in [0.15, 0.2) is 11.3 Å². The average Bonchev–Trinajstić information content (AvgIpc) is 2.96. The smallest absolute Gasteiger partial charge is 0.193 e. The molecule has 0 radical (unpaired) electrons. The first kappa shape index (κ1) is 13.6. The topological polar surface area (TPSA) is 41.8 Å². The third-order valence-corrected chi connectivity index (χ3v) is 5.15. The maximum Gasteiger partial charge on any atom is 0.193 e. The summed E-state index contributed by atoms with van der Waals surface area (Å²) in [5, 5.41) is 9.34. The molecule has 0 fully saturated rings. The molecule has 110 valence electrons.